The first-order valence-corrected chi connectivity index (χ1v) is 6.74. The maximum atomic E-state index is 10.2. The number of nitrogens with zero attached hydrogens (tertiary/aromatic N) is 1. The number of aromatic nitrogens is 1. The van der Waals surface area contributed by atoms with Crippen molar-refractivity contribution in [3.8, 4) is 0 Å². The van der Waals surface area contributed by atoms with Gasteiger partial charge in [-0.2, -0.15) is 11.3 Å². The molecule has 2 nitrogen and oxygen atoms in total. The molecule has 2 aromatic heterocycles. The molecule has 17 heavy (non-hydrogen) atoms. The van der Waals surface area contributed by atoms with E-state index < -0.39 is 6.10 Å². The van der Waals surface area contributed by atoms with Crippen molar-refractivity contribution in [2.24, 2.45) is 0 Å². The van der Waals surface area contributed by atoms with E-state index in [0.717, 1.165) is 29.8 Å². The van der Waals surface area contributed by atoms with E-state index in [1.165, 1.54) is 5.56 Å². The van der Waals surface area contributed by atoms with Crippen molar-refractivity contribution in [1.82, 2.24) is 4.98 Å². The lowest BCUT2D eigenvalue weighted by atomic mass is 10.0. The third kappa shape index (κ3) is 3.14. The van der Waals surface area contributed by atoms with Crippen molar-refractivity contribution in [2.75, 3.05) is 0 Å². The summed E-state index contributed by atoms with van der Waals surface area (Å²) in [5.74, 6) is 0. The fourth-order valence-electron chi connectivity index (χ4n) is 1.94. The van der Waals surface area contributed by atoms with Crippen molar-refractivity contribution >= 4 is 11.3 Å². The van der Waals surface area contributed by atoms with Gasteiger partial charge >= 0.3 is 0 Å². The number of pyridine rings is 1. The van der Waals surface area contributed by atoms with Gasteiger partial charge in [-0.25, -0.2) is 0 Å². The van der Waals surface area contributed by atoms with E-state index in [1.54, 1.807) is 11.3 Å². The molecule has 0 saturated heterocycles. The summed E-state index contributed by atoms with van der Waals surface area (Å²) in [4.78, 5) is 4.38. The van der Waals surface area contributed by atoms with Crippen LogP contribution in [0, 0.1) is 13.8 Å². The smallest absolute Gasteiger partial charge is 0.0810 e. The molecule has 0 radical (unpaired) electrons. The summed E-state index contributed by atoms with van der Waals surface area (Å²) >= 11 is 1.70. The largest absolute Gasteiger partial charge is 0.388 e. The molecule has 0 fully saturated rings. The molecule has 0 aliphatic heterocycles. The number of thiophene rings is 1. The zero-order valence-corrected chi connectivity index (χ0v) is 11.0. The second kappa shape index (κ2) is 5.43. The fraction of sp³-hybridized carbons (Fsp3) is 0.357. The molecule has 3 heteroatoms. The standard InChI is InChI=1S/C14H17NOS/c1-10-3-5-13(11(2)15-10)14(16)6-4-12-7-8-17-9-12/h3,5,7-9,14,16H,4,6H2,1-2H3. The van der Waals surface area contributed by atoms with Gasteiger partial charge in [0.05, 0.1) is 6.10 Å². The van der Waals surface area contributed by atoms with Crippen LogP contribution in [0.3, 0.4) is 0 Å². The molecule has 1 atom stereocenters. The Kier molecular flexibility index (Phi) is 3.92. The maximum Gasteiger partial charge on any atom is 0.0810 e. The Morgan fingerprint density at radius 3 is 2.76 bits per heavy atom. The number of aryl methyl sites for hydroxylation is 3. The van der Waals surface area contributed by atoms with Gasteiger partial charge in [-0.15, -0.1) is 0 Å². The molecular weight excluding hydrogens is 230 g/mol. The lowest BCUT2D eigenvalue weighted by Gasteiger charge is -2.13. The minimum atomic E-state index is -0.414. The van der Waals surface area contributed by atoms with Crippen LogP contribution in [-0.4, -0.2) is 10.1 Å². The van der Waals surface area contributed by atoms with Crippen molar-refractivity contribution in [3.63, 3.8) is 0 Å². The molecule has 90 valence electrons. The molecule has 0 bridgehead atoms. The van der Waals surface area contributed by atoms with Gasteiger partial charge in [-0.3, -0.25) is 4.98 Å². The predicted octanol–water partition coefficient (Wildman–Crippen LogP) is 3.43. The van der Waals surface area contributed by atoms with Crippen LogP contribution in [0.2, 0.25) is 0 Å². The van der Waals surface area contributed by atoms with Crippen LogP contribution in [0.25, 0.3) is 0 Å². The number of aliphatic hydroxyl groups excluding tert-OH is 1. The Balaban J connectivity index is 2.01. The monoisotopic (exact) mass is 247 g/mol. The molecule has 0 aromatic carbocycles. The lowest BCUT2D eigenvalue weighted by molar-refractivity contribution is 0.166. The van der Waals surface area contributed by atoms with Gasteiger partial charge in [0.15, 0.2) is 0 Å². The maximum absolute atomic E-state index is 10.2. The van der Waals surface area contributed by atoms with E-state index in [-0.39, 0.29) is 0 Å². The number of hydrogen-bond acceptors (Lipinski definition) is 3. The highest BCUT2D eigenvalue weighted by atomic mass is 32.1. The van der Waals surface area contributed by atoms with Crippen molar-refractivity contribution in [2.45, 2.75) is 32.8 Å². The third-order valence-corrected chi connectivity index (χ3v) is 3.64. The molecule has 2 heterocycles. The number of rotatable bonds is 4. The van der Waals surface area contributed by atoms with Gasteiger partial charge in [-0.1, -0.05) is 6.07 Å². The topological polar surface area (TPSA) is 33.1 Å². The van der Waals surface area contributed by atoms with Crippen molar-refractivity contribution in [3.05, 3.63) is 51.5 Å². The zero-order chi connectivity index (χ0) is 12.3. The Bertz CT molecular complexity index is 479. The summed E-state index contributed by atoms with van der Waals surface area (Å²) in [5, 5.41) is 14.4. The van der Waals surface area contributed by atoms with Gasteiger partial charge in [0.1, 0.15) is 0 Å². The van der Waals surface area contributed by atoms with Gasteiger partial charge in [0.25, 0.3) is 0 Å². The minimum Gasteiger partial charge on any atom is -0.388 e. The summed E-state index contributed by atoms with van der Waals surface area (Å²) in [5.41, 5.74) is 4.18. The van der Waals surface area contributed by atoms with Gasteiger partial charge in [0.2, 0.25) is 0 Å². The Hall–Kier alpha value is -1.19. The second-order valence-electron chi connectivity index (χ2n) is 4.31. The van der Waals surface area contributed by atoms with E-state index in [2.05, 4.69) is 21.8 Å². The van der Waals surface area contributed by atoms with Crippen LogP contribution in [0.15, 0.2) is 29.0 Å². The van der Waals surface area contributed by atoms with E-state index >= 15 is 0 Å². The molecular formula is C14H17NOS. The molecule has 1 unspecified atom stereocenters. The third-order valence-electron chi connectivity index (χ3n) is 2.91. The van der Waals surface area contributed by atoms with Crippen LogP contribution in [-0.2, 0) is 6.42 Å². The normalized spacial score (nSPS) is 12.6. The average Bonchev–Trinajstić information content (AvgIpc) is 2.78. The van der Waals surface area contributed by atoms with Gasteiger partial charge in [0, 0.05) is 17.0 Å². The SMILES string of the molecule is Cc1ccc(C(O)CCc2ccsc2)c(C)n1. The van der Waals surface area contributed by atoms with E-state index in [4.69, 9.17) is 0 Å². The zero-order valence-electron chi connectivity index (χ0n) is 10.2. The molecule has 2 rings (SSSR count). The number of hydrogen-bond donors (Lipinski definition) is 1. The summed E-state index contributed by atoms with van der Waals surface area (Å²) in [6.07, 6.45) is 1.25. The van der Waals surface area contributed by atoms with Gasteiger partial charge < -0.3 is 5.11 Å². The lowest BCUT2D eigenvalue weighted by Crippen LogP contribution is -2.03. The van der Waals surface area contributed by atoms with Crippen LogP contribution in [0.1, 0.15) is 35.0 Å². The summed E-state index contributed by atoms with van der Waals surface area (Å²) < 4.78 is 0. The minimum absolute atomic E-state index is 0.414. The first-order valence-electron chi connectivity index (χ1n) is 5.80. The number of aliphatic hydroxyl groups is 1. The highest BCUT2D eigenvalue weighted by Gasteiger charge is 2.11. The van der Waals surface area contributed by atoms with Crippen LogP contribution >= 0.6 is 11.3 Å². The van der Waals surface area contributed by atoms with Gasteiger partial charge in [-0.05, 0) is 55.1 Å². The molecule has 0 aliphatic rings. The Morgan fingerprint density at radius 1 is 1.29 bits per heavy atom. The van der Waals surface area contributed by atoms with E-state index in [1.807, 2.05) is 26.0 Å². The van der Waals surface area contributed by atoms with Crippen LogP contribution in [0.4, 0.5) is 0 Å². The Labute approximate surface area is 106 Å². The Morgan fingerprint density at radius 2 is 2.12 bits per heavy atom. The summed E-state index contributed by atoms with van der Waals surface area (Å²) in [6, 6.07) is 6.05. The summed E-state index contributed by atoms with van der Waals surface area (Å²) in [7, 11) is 0. The fourth-order valence-corrected chi connectivity index (χ4v) is 2.65. The predicted molar refractivity (Wildman–Crippen MR) is 71.3 cm³/mol. The molecule has 0 amide bonds. The van der Waals surface area contributed by atoms with Crippen LogP contribution < -0.4 is 0 Å². The van der Waals surface area contributed by atoms with Crippen molar-refractivity contribution < 1.29 is 5.11 Å². The van der Waals surface area contributed by atoms with E-state index in [0.29, 0.717) is 0 Å². The highest BCUT2D eigenvalue weighted by molar-refractivity contribution is 7.07. The molecule has 2 aromatic rings. The summed E-state index contributed by atoms with van der Waals surface area (Å²) in [6.45, 7) is 3.92. The molecule has 0 aliphatic carbocycles. The highest BCUT2D eigenvalue weighted by Crippen LogP contribution is 2.22. The van der Waals surface area contributed by atoms with E-state index in [9.17, 15) is 5.11 Å². The second-order valence-corrected chi connectivity index (χ2v) is 5.09. The molecule has 0 saturated carbocycles. The van der Waals surface area contributed by atoms with Crippen LogP contribution in [0.5, 0.6) is 0 Å². The molecule has 0 spiro atoms. The quantitative estimate of drug-likeness (QED) is 0.898. The molecule has 1 N–H and O–H groups in total. The first-order chi connectivity index (χ1) is 8.16. The van der Waals surface area contributed by atoms with Crippen molar-refractivity contribution in [1.29, 1.82) is 0 Å². The first kappa shape index (κ1) is 12.3. The average molecular weight is 247 g/mol.